The predicted molar refractivity (Wildman–Crippen MR) is 86.7 cm³/mol. The zero-order valence-electron chi connectivity index (χ0n) is 12.6. The molecule has 0 fully saturated rings. The number of hydrogen-bond acceptors (Lipinski definition) is 5. The topological polar surface area (TPSA) is 49.8 Å². The summed E-state index contributed by atoms with van der Waals surface area (Å²) in [6.45, 7) is 7.14. The predicted octanol–water partition coefficient (Wildman–Crippen LogP) is 3.76. The van der Waals surface area contributed by atoms with Crippen molar-refractivity contribution in [2.24, 2.45) is 0 Å². The van der Waals surface area contributed by atoms with Gasteiger partial charge >= 0.3 is 0 Å². The van der Waals surface area contributed by atoms with Crippen molar-refractivity contribution in [1.29, 1.82) is 0 Å². The van der Waals surface area contributed by atoms with Gasteiger partial charge in [-0.3, -0.25) is 0 Å². The van der Waals surface area contributed by atoms with Crippen molar-refractivity contribution in [2.45, 2.75) is 40.2 Å². The van der Waals surface area contributed by atoms with E-state index >= 15 is 0 Å². The molecule has 0 aliphatic heterocycles. The Balaban J connectivity index is 2.21. The van der Waals surface area contributed by atoms with E-state index in [0.29, 0.717) is 0 Å². The van der Waals surface area contributed by atoms with E-state index in [4.69, 9.17) is 0 Å². The minimum absolute atomic E-state index is 0.807. The first-order valence-corrected chi connectivity index (χ1v) is 7.90. The Morgan fingerprint density at radius 2 is 1.90 bits per heavy atom. The first-order chi connectivity index (χ1) is 9.65. The third-order valence-electron chi connectivity index (χ3n) is 3.31. The van der Waals surface area contributed by atoms with Crippen LogP contribution in [0.1, 0.15) is 35.9 Å². The number of rotatable bonds is 6. The molecule has 0 spiro atoms. The summed E-state index contributed by atoms with van der Waals surface area (Å²) in [6.07, 6.45) is 1.95. The smallest absolute Gasteiger partial charge is 0.135 e. The van der Waals surface area contributed by atoms with Crippen molar-refractivity contribution in [3.8, 4) is 0 Å². The van der Waals surface area contributed by atoms with Gasteiger partial charge in [-0.15, -0.1) is 0 Å². The summed E-state index contributed by atoms with van der Waals surface area (Å²) in [5.74, 6) is 2.73. The molecule has 2 aromatic rings. The first kappa shape index (κ1) is 14.8. The van der Waals surface area contributed by atoms with Gasteiger partial charge in [0.05, 0.1) is 0 Å². The second-order valence-corrected chi connectivity index (χ2v) is 5.64. The van der Waals surface area contributed by atoms with Crippen LogP contribution in [0.2, 0.25) is 0 Å². The number of aromatic nitrogens is 2. The highest BCUT2D eigenvalue weighted by molar-refractivity contribution is 7.08. The lowest BCUT2D eigenvalue weighted by atomic mass is 10.2. The normalized spacial score (nSPS) is 10.6. The number of aryl methyl sites for hydroxylation is 2. The van der Waals surface area contributed by atoms with E-state index in [1.54, 1.807) is 11.3 Å². The maximum absolute atomic E-state index is 4.64. The van der Waals surface area contributed by atoms with Gasteiger partial charge in [-0.05, 0) is 42.2 Å². The maximum atomic E-state index is 4.64. The summed E-state index contributed by atoms with van der Waals surface area (Å²) in [5.41, 5.74) is 3.73. The van der Waals surface area contributed by atoms with Gasteiger partial charge in [-0.25, -0.2) is 9.97 Å². The Hall–Kier alpha value is -1.62. The summed E-state index contributed by atoms with van der Waals surface area (Å²) in [7, 11) is 1.90. The van der Waals surface area contributed by atoms with E-state index in [1.165, 1.54) is 11.1 Å². The summed E-state index contributed by atoms with van der Waals surface area (Å²) in [4.78, 5) is 9.18. The lowest BCUT2D eigenvalue weighted by Gasteiger charge is -2.13. The average Bonchev–Trinajstić information content (AvgIpc) is 2.84. The molecule has 0 aliphatic rings. The zero-order valence-corrected chi connectivity index (χ0v) is 13.4. The van der Waals surface area contributed by atoms with Crippen molar-refractivity contribution < 1.29 is 0 Å². The third kappa shape index (κ3) is 3.28. The summed E-state index contributed by atoms with van der Waals surface area (Å²) in [6, 6.07) is 0. The Morgan fingerprint density at radius 1 is 1.15 bits per heavy atom. The largest absolute Gasteiger partial charge is 0.373 e. The van der Waals surface area contributed by atoms with Crippen molar-refractivity contribution in [3.63, 3.8) is 0 Å². The highest BCUT2D eigenvalue weighted by Crippen LogP contribution is 2.22. The standard InChI is InChI=1S/C15H22N4S/c1-5-6-13-18-14(16-4)11(3)15(19-13)17-7-12-9-20-8-10(12)2/h8-9H,5-7H2,1-4H3,(H2,16,17,18,19). The highest BCUT2D eigenvalue weighted by Gasteiger charge is 2.10. The number of hydrogen-bond donors (Lipinski definition) is 2. The fourth-order valence-electron chi connectivity index (χ4n) is 2.06. The van der Waals surface area contributed by atoms with Gasteiger partial charge in [0.15, 0.2) is 0 Å². The van der Waals surface area contributed by atoms with Crippen molar-refractivity contribution in [2.75, 3.05) is 17.7 Å². The van der Waals surface area contributed by atoms with Gasteiger partial charge in [0, 0.05) is 25.6 Å². The fraction of sp³-hybridized carbons (Fsp3) is 0.467. The molecular formula is C15H22N4S. The number of anilines is 2. The van der Waals surface area contributed by atoms with Crippen LogP contribution >= 0.6 is 11.3 Å². The zero-order chi connectivity index (χ0) is 14.5. The third-order valence-corrected chi connectivity index (χ3v) is 4.22. The van der Waals surface area contributed by atoms with E-state index in [0.717, 1.165) is 42.4 Å². The molecule has 4 nitrogen and oxygen atoms in total. The van der Waals surface area contributed by atoms with Crippen LogP contribution < -0.4 is 10.6 Å². The van der Waals surface area contributed by atoms with Crippen LogP contribution in [0.5, 0.6) is 0 Å². The van der Waals surface area contributed by atoms with Gasteiger partial charge in [0.25, 0.3) is 0 Å². The Kier molecular flexibility index (Phi) is 4.95. The summed E-state index contributed by atoms with van der Waals surface area (Å²) in [5, 5.41) is 11.0. The number of nitrogens with one attached hydrogen (secondary N) is 2. The molecule has 2 heterocycles. The molecule has 0 atom stereocenters. The molecule has 2 N–H and O–H groups in total. The molecule has 20 heavy (non-hydrogen) atoms. The lowest BCUT2D eigenvalue weighted by molar-refractivity contribution is 0.831. The summed E-state index contributed by atoms with van der Waals surface area (Å²) >= 11 is 1.74. The number of nitrogens with zero attached hydrogens (tertiary/aromatic N) is 2. The first-order valence-electron chi connectivity index (χ1n) is 6.96. The van der Waals surface area contributed by atoms with Gasteiger partial charge in [0.2, 0.25) is 0 Å². The van der Waals surface area contributed by atoms with Crippen LogP contribution in [0.25, 0.3) is 0 Å². The Morgan fingerprint density at radius 3 is 2.50 bits per heavy atom. The van der Waals surface area contributed by atoms with Crippen LogP contribution in [0, 0.1) is 13.8 Å². The van der Waals surface area contributed by atoms with Crippen LogP contribution in [0.3, 0.4) is 0 Å². The molecule has 0 unspecified atom stereocenters. The lowest BCUT2D eigenvalue weighted by Crippen LogP contribution is -2.09. The molecular weight excluding hydrogens is 268 g/mol. The van der Waals surface area contributed by atoms with Crippen molar-refractivity contribution in [3.05, 3.63) is 33.3 Å². The summed E-state index contributed by atoms with van der Waals surface area (Å²) < 4.78 is 0. The quantitative estimate of drug-likeness (QED) is 0.850. The van der Waals surface area contributed by atoms with Crippen LogP contribution in [-0.4, -0.2) is 17.0 Å². The molecule has 2 aromatic heterocycles. The monoisotopic (exact) mass is 290 g/mol. The molecule has 0 bridgehead atoms. The van der Waals surface area contributed by atoms with Gasteiger partial charge in [0.1, 0.15) is 17.5 Å². The van der Waals surface area contributed by atoms with E-state index in [2.05, 4.69) is 45.2 Å². The second-order valence-electron chi connectivity index (χ2n) is 4.90. The Bertz CT molecular complexity index is 577. The molecule has 0 saturated carbocycles. The number of thiophene rings is 1. The molecule has 0 amide bonds. The van der Waals surface area contributed by atoms with Crippen molar-refractivity contribution in [1.82, 2.24) is 9.97 Å². The molecule has 0 saturated heterocycles. The molecule has 0 aromatic carbocycles. The minimum Gasteiger partial charge on any atom is -0.373 e. The van der Waals surface area contributed by atoms with Crippen LogP contribution in [0.4, 0.5) is 11.6 Å². The Labute approximate surface area is 124 Å². The van der Waals surface area contributed by atoms with Crippen LogP contribution in [0.15, 0.2) is 10.8 Å². The van der Waals surface area contributed by atoms with Gasteiger partial charge in [-0.2, -0.15) is 11.3 Å². The second kappa shape index (κ2) is 6.70. The van der Waals surface area contributed by atoms with E-state index in [9.17, 15) is 0 Å². The molecule has 2 rings (SSSR count). The van der Waals surface area contributed by atoms with Gasteiger partial charge < -0.3 is 10.6 Å². The van der Waals surface area contributed by atoms with Crippen molar-refractivity contribution >= 4 is 23.0 Å². The van der Waals surface area contributed by atoms with E-state index in [1.807, 2.05) is 14.0 Å². The molecule has 0 radical (unpaired) electrons. The van der Waals surface area contributed by atoms with Gasteiger partial charge in [-0.1, -0.05) is 6.92 Å². The fourth-order valence-corrected chi connectivity index (χ4v) is 2.92. The maximum Gasteiger partial charge on any atom is 0.135 e. The highest BCUT2D eigenvalue weighted by atomic mass is 32.1. The van der Waals surface area contributed by atoms with E-state index in [-0.39, 0.29) is 0 Å². The van der Waals surface area contributed by atoms with E-state index < -0.39 is 0 Å². The molecule has 5 heteroatoms. The minimum atomic E-state index is 0.807. The SMILES string of the molecule is CCCc1nc(NC)c(C)c(NCc2cscc2C)n1. The average molecular weight is 290 g/mol. The molecule has 0 aliphatic carbocycles. The molecule has 108 valence electrons. The van der Waals surface area contributed by atoms with Crippen LogP contribution in [-0.2, 0) is 13.0 Å².